The molecular weight excluding hydrogens is 544 g/mol. The van der Waals surface area contributed by atoms with Crippen molar-refractivity contribution in [3.05, 3.63) is 170 Å². The lowest BCUT2D eigenvalue weighted by molar-refractivity contribution is 1.18. The minimum Gasteiger partial charge on any atom is -0.309 e. The first-order chi connectivity index (χ1) is 22.3. The van der Waals surface area contributed by atoms with E-state index in [1.807, 2.05) is 6.07 Å². The van der Waals surface area contributed by atoms with Gasteiger partial charge in [-0.2, -0.15) is 0 Å². The molecule has 0 atom stereocenters. The van der Waals surface area contributed by atoms with E-state index in [0.29, 0.717) is 0 Å². The van der Waals surface area contributed by atoms with Gasteiger partial charge in [0.05, 0.1) is 22.4 Å². The number of pyridine rings is 1. The van der Waals surface area contributed by atoms with Gasteiger partial charge in [-0.05, 0) is 69.4 Å². The van der Waals surface area contributed by atoms with Gasteiger partial charge < -0.3 is 4.57 Å². The first-order valence-electron chi connectivity index (χ1n) is 15.4. The molecule has 0 saturated carbocycles. The van der Waals surface area contributed by atoms with E-state index in [2.05, 4.69) is 168 Å². The van der Waals surface area contributed by atoms with Gasteiger partial charge in [0, 0.05) is 27.6 Å². The van der Waals surface area contributed by atoms with Crippen LogP contribution in [0.3, 0.4) is 0 Å². The van der Waals surface area contributed by atoms with E-state index < -0.39 is 0 Å². The minimum atomic E-state index is 0.967. The Hall–Kier alpha value is -5.99. The van der Waals surface area contributed by atoms with Crippen LogP contribution in [-0.4, -0.2) is 9.55 Å². The second kappa shape index (κ2) is 10.3. The second-order valence-electron chi connectivity index (χ2n) is 11.6. The molecule has 9 aromatic rings. The molecule has 0 unspecified atom stereocenters. The first-order valence-corrected chi connectivity index (χ1v) is 15.4. The van der Waals surface area contributed by atoms with Crippen molar-refractivity contribution < 1.29 is 0 Å². The van der Waals surface area contributed by atoms with Crippen LogP contribution in [0.25, 0.3) is 83.0 Å². The molecule has 0 amide bonds. The van der Waals surface area contributed by atoms with Crippen LogP contribution in [0.1, 0.15) is 0 Å². The molecule has 2 aromatic heterocycles. The van der Waals surface area contributed by atoms with E-state index in [4.69, 9.17) is 4.98 Å². The summed E-state index contributed by atoms with van der Waals surface area (Å²) in [5.41, 5.74) is 12.5. The highest BCUT2D eigenvalue weighted by atomic mass is 15.0. The van der Waals surface area contributed by atoms with Crippen molar-refractivity contribution in [2.24, 2.45) is 0 Å². The summed E-state index contributed by atoms with van der Waals surface area (Å²) < 4.78 is 2.40. The Morgan fingerprint density at radius 3 is 1.33 bits per heavy atom. The van der Waals surface area contributed by atoms with E-state index in [1.165, 1.54) is 55.0 Å². The van der Waals surface area contributed by atoms with Gasteiger partial charge >= 0.3 is 0 Å². The third kappa shape index (κ3) is 4.30. The smallest absolute Gasteiger partial charge is 0.0715 e. The average Bonchev–Trinajstić information content (AvgIpc) is 3.47. The molecule has 0 aliphatic carbocycles. The summed E-state index contributed by atoms with van der Waals surface area (Å²) in [4.78, 5) is 5.10. The van der Waals surface area contributed by atoms with Gasteiger partial charge in [-0.15, -0.1) is 0 Å². The van der Waals surface area contributed by atoms with E-state index >= 15 is 0 Å². The van der Waals surface area contributed by atoms with Crippen LogP contribution in [-0.2, 0) is 0 Å². The Bertz CT molecular complexity index is 2310. The Labute approximate surface area is 261 Å². The molecule has 0 aliphatic heterocycles. The zero-order valence-corrected chi connectivity index (χ0v) is 24.6. The van der Waals surface area contributed by atoms with Crippen molar-refractivity contribution in [2.75, 3.05) is 0 Å². The zero-order chi connectivity index (χ0) is 29.7. The maximum absolute atomic E-state index is 5.10. The number of hydrogen-bond donors (Lipinski definition) is 0. The summed E-state index contributed by atoms with van der Waals surface area (Å²) in [6.07, 6.45) is 0. The molecule has 0 radical (unpaired) electrons. The molecule has 0 fully saturated rings. The third-order valence-corrected chi connectivity index (χ3v) is 8.97. The van der Waals surface area contributed by atoms with Crippen LogP contribution in [0.5, 0.6) is 0 Å². The highest BCUT2D eigenvalue weighted by molar-refractivity contribution is 6.24. The highest BCUT2D eigenvalue weighted by Crippen LogP contribution is 2.39. The van der Waals surface area contributed by atoms with Crippen LogP contribution in [0.4, 0.5) is 0 Å². The Balaban J connectivity index is 1.08. The number of rotatable bonds is 5. The van der Waals surface area contributed by atoms with E-state index in [9.17, 15) is 0 Å². The molecular formula is C43H28N2. The fourth-order valence-electron chi connectivity index (χ4n) is 6.77. The van der Waals surface area contributed by atoms with Crippen molar-refractivity contribution in [1.29, 1.82) is 0 Å². The lowest BCUT2D eigenvalue weighted by Gasteiger charge is -2.11. The van der Waals surface area contributed by atoms with Gasteiger partial charge in [0.15, 0.2) is 0 Å². The van der Waals surface area contributed by atoms with Crippen molar-refractivity contribution in [3.63, 3.8) is 0 Å². The van der Waals surface area contributed by atoms with Gasteiger partial charge in [0.1, 0.15) is 0 Å². The molecule has 0 spiro atoms. The predicted molar refractivity (Wildman–Crippen MR) is 189 cm³/mol. The lowest BCUT2D eigenvalue weighted by Crippen LogP contribution is -1.93. The summed E-state index contributed by atoms with van der Waals surface area (Å²) >= 11 is 0. The van der Waals surface area contributed by atoms with Crippen LogP contribution < -0.4 is 0 Å². The molecule has 0 aliphatic rings. The van der Waals surface area contributed by atoms with Gasteiger partial charge in [0.2, 0.25) is 0 Å². The standard InChI is InChI=1S/C43H28N2/c1-3-9-29(10-4-1)36-27-38(32-11-5-2-6-12-32)44-39(28-36)33-19-17-30(18-20-33)31-23-25-37(26-24-31)45-40-15-7-13-34-21-22-35-14-8-16-41(45)43(35)42(34)40/h1-28H. The molecule has 2 nitrogen and oxygen atoms in total. The lowest BCUT2D eigenvalue weighted by atomic mass is 9.98. The first kappa shape index (κ1) is 25.5. The molecule has 0 saturated heterocycles. The maximum Gasteiger partial charge on any atom is 0.0715 e. The fourth-order valence-corrected chi connectivity index (χ4v) is 6.77. The molecule has 2 heterocycles. The van der Waals surface area contributed by atoms with Crippen molar-refractivity contribution >= 4 is 32.6 Å². The maximum atomic E-state index is 5.10. The van der Waals surface area contributed by atoms with Gasteiger partial charge in [-0.25, -0.2) is 4.98 Å². The van der Waals surface area contributed by atoms with E-state index in [1.54, 1.807) is 0 Å². The summed E-state index contributed by atoms with van der Waals surface area (Å²) in [6, 6.07) is 60.7. The number of hydrogen-bond acceptors (Lipinski definition) is 1. The molecule has 2 heteroatoms. The van der Waals surface area contributed by atoms with Crippen molar-refractivity contribution in [2.45, 2.75) is 0 Å². The third-order valence-electron chi connectivity index (χ3n) is 8.97. The SMILES string of the molecule is c1ccc(-c2cc(-c3ccccc3)nc(-c3ccc(-c4ccc(-n5c6cccc7ccc8cccc5c8c76)cc4)cc3)c2)cc1. The van der Waals surface area contributed by atoms with Crippen molar-refractivity contribution in [3.8, 4) is 50.5 Å². The van der Waals surface area contributed by atoms with Crippen LogP contribution >= 0.6 is 0 Å². The topological polar surface area (TPSA) is 17.8 Å². The van der Waals surface area contributed by atoms with Crippen LogP contribution in [0.15, 0.2) is 170 Å². The fraction of sp³-hybridized carbons (Fsp3) is 0. The average molecular weight is 573 g/mol. The van der Waals surface area contributed by atoms with E-state index in [0.717, 1.165) is 28.1 Å². The number of benzene rings is 7. The van der Waals surface area contributed by atoms with Gasteiger partial charge in [0.25, 0.3) is 0 Å². The molecule has 210 valence electrons. The summed E-state index contributed by atoms with van der Waals surface area (Å²) in [5, 5.41) is 5.24. The largest absolute Gasteiger partial charge is 0.309 e. The normalized spacial score (nSPS) is 11.6. The monoisotopic (exact) mass is 572 g/mol. The van der Waals surface area contributed by atoms with E-state index in [-0.39, 0.29) is 0 Å². The predicted octanol–water partition coefficient (Wildman–Crippen LogP) is 11.4. The Morgan fingerprint density at radius 2 is 0.778 bits per heavy atom. The number of aromatic nitrogens is 2. The summed E-state index contributed by atoms with van der Waals surface area (Å²) in [6.45, 7) is 0. The quantitative estimate of drug-likeness (QED) is 0.188. The Morgan fingerprint density at radius 1 is 0.333 bits per heavy atom. The Kier molecular flexibility index (Phi) is 5.85. The molecule has 45 heavy (non-hydrogen) atoms. The highest BCUT2D eigenvalue weighted by Gasteiger charge is 2.16. The second-order valence-corrected chi connectivity index (χ2v) is 11.6. The van der Waals surface area contributed by atoms with Crippen LogP contribution in [0, 0.1) is 0 Å². The molecule has 9 rings (SSSR count). The summed E-state index contributed by atoms with van der Waals surface area (Å²) in [7, 11) is 0. The molecule has 0 bridgehead atoms. The molecule has 0 N–H and O–H groups in total. The van der Waals surface area contributed by atoms with Crippen LogP contribution in [0.2, 0.25) is 0 Å². The minimum absolute atomic E-state index is 0.967. The molecule has 7 aromatic carbocycles. The van der Waals surface area contributed by atoms with Crippen molar-refractivity contribution in [1.82, 2.24) is 9.55 Å². The zero-order valence-electron chi connectivity index (χ0n) is 24.6. The summed E-state index contributed by atoms with van der Waals surface area (Å²) in [5.74, 6) is 0. The van der Waals surface area contributed by atoms with Gasteiger partial charge in [-0.3, -0.25) is 0 Å². The number of nitrogens with zero attached hydrogens (tertiary/aromatic N) is 2. The van der Waals surface area contributed by atoms with Gasteiger partial charge in [-0.1, -0.05) is 133 Å².